The first-order valence-electron chi connectivity index (χ1n) is 12.7. The number of tetrazole rings is 2. The molecule has 6 aromatic rings. The topological polar surface area (TPSA) is 123 Å². The van der Waals surface area contributed by atoms with E-state index in [1.807, 2.05) is 9.36 Å². The third kappa shape index (κ3) is 5.02. The Bertz CT molecular complexity index is 1620. The minimum Gasteiger partial charge on any atom is -0.226 e. The van der Waals surface area contributed by atoms with Crippen molar-refractivity contribution >= 4 is 21.6 Å². The fraction of sp³-hybridized carbons (Fsp3) is 0.231. The second-order valence-corrected chi connectivity index (χ2v) is 11.1. The van der Waals surface area contributed by atoms with Crippen molar-refractivity contribution in [2.24, 2.45) is 14.1 Å². The van der Waals surface area contributed by atoms with Crippen molar-refractivity contribution in [3.63, 3.8) is 0 Å². The maximum atomic E-state index is 4.72. The summed E-state index contributed by atoms with van der Waals surface area (Å²) in [6.07, 6.45) is 5.49. The van der Waals surface area contributed by atoms with Crippen LogP contribution < -0.4 is 0 Å². The summed E-state index contributed by atoms with van der Waals surface area (Å²) in [6, 6.07) is 16.8. The van der Waals surface area contributed by atoms with Crippen molar-refractivity contribution in [1.29, 1.82) is 0 Å². The van der Waals surface area contributed by atoms with Gasteiger partial charge >= 0.3 is 0 Å². The maximum Gasteiger partial charge on any atom is 0.209 e. The first kappa shape index (κ1) is 26.0. The van der Waals surface area contributed by atoms with Crippen molar-refractivity contribution in [1.82, 2.24) is 60.0 Å². The lowest BCUT2D eigenvalue weighted by Crippen LogP contribution is -2.00. The van der Waals surface area contributed by atoms with Crippen LogP contribution in [0.3, 0.4) is 0 Å². The van der Waals surface area contributed by atoms with Crippen molar-refractivity contribution < 1.29 is 0 Å². The van der Waals surface area contributed by atoms with Crippen LogP contribution in [0.4, 0.5) is 0 Å². The molecule has 4 heterocycles. The molecule has 0 N–H and O–H groups in total. The predicted octanol–water partition coefficient (Wildman–Crippen LogP) is 4.36. The monoisotopic (exact) mass is 570 g/mol. The summed E-state index contributed by atoms with van der Waals surface area (Å²) >= 11 is 0. The first-order chi connectivity index (χ1) is 19.5. The van der Waals surface area contributed by atoms with Gasteiger partial charge in [-0.3, -0.25) is 0 Å². The van der Waals surface area contributed by atoms with Crippen LogP contribution in [-0.2, 0) is 26.9 Å². The lowest BCUT2D eigenvalue weighted by Gasteiger charge is -2.11. The molecule has 0 atom stereocenters. The molecule has 0 aliphatic rings. The van der Waals surface area contributed by atoms with E-state index in [4.69, 9.17) is 10.2 Å². The summed E-state index contributed by atoms with van der Waals surface area (Å²) in [5, 5.41) is 36.6. The van der Waals surface area contributed by atoms with Crippen LogP contribution in [0.1, 0.15) is 25.0 Å². The molecule has 4 aromatic heterocycles. The lowest BCUT2D eigenvalue weighted by molar-refractivity contribution is 0.630. The number of aromatic nitrogens is 12. The Kier molecular flexibility index (Phi) is 7.17. The van der Waals surface area contributed by atoms with Crippen LogP contribution in [0.5, 0.6) is 0 Å². The van der Waals surface area contributed by atoms with Crippen LogP contribution in [0.25, 0.3) is 34.2 Å². The summed E-state index contributed by atoms with van der Waals surface area (Å²) in [5.74, 6) is 1.00. The van der Waals surface area contributed by atoms with Crippen LogP contribution >= 0.6 is 21.6 Å². The van der Waals surface area contributed by atoms with Gasteiger partial charge in [0.05, 0.1) is 49.0 Å². The minimum atomic E-state index is 0.501. The molecular weight excluding hydrogens is 545 g/mol. The van der Waals surface area contributed by atoms with Crippen molar-refractivity contribution in [3.8, 4) is 34.2 Å². The van der Waals surface area contributed by atoms with Gasteiger partial charge in [0.15, 0.2) is 0 Å². The molecule has 0 unspecified atom stereocenters. The highest BCUT2D eigenvalue weighted by atomic mass is 33.1. The fourth-order valence-corrected chi connectivity index (χ4v) is 6.63. The van der Waals surface area contributed by atoms with E-state index in [1.54, 1.807) is 26.5 Å². The van der Waals surface area contributed by atoms with Gasteiger partial charge < -0.3 is 0 Å². The minimum absolute atomic E-state index is 0.501. The Balaban J connectivity index is 1.43. The van der Waals surface area contributed by atoms with Gasteiger partial charge in [-0.2, -0.15) is 19.8 Å². The first-order valence-corrected chi connectivity index (χ1v) is 14.9. The molecular formula is C26H26N12S2. The largest absolute Gasteiger partial charge is 0.226 e. The molecule has 0 aliphatic heterocycles. The maximum absolute atomic E-state index is 4.72. The van der Waals surface area contributed by atoms with Gasteiger partial charge in [-0.25, -0.2) is 9.36 Å². The van der Waals surface area contributed by atoms with Gasteiger partial charge in [0.2, 0.25) is 11.6 Å². The molecule has 0 aliphatic carbocycles. The normalized spacial score (nSPS) is 11.4. The highest BCUT2D eigenvalue weighted by Crippen LogP contribution is 2.45. The van der Waals surface area contributed by atoms with E-state index in [2.05, 4.69) is 93.2 Å². The average Bonchev–Trinajstić information content (AvgIpc) is 3.78. The van der Waals surface area contributed by atoms with Gasteiger partial charge in [-0.05, 0) is 80.2 Å². The Morgan fingerprint density at radius 1 is 0.600 bits per heavy atom. The molecule has 6 rings (SSSR count). The SMILES string of the molecule is CCc1ccc(-n2ncc(-c3nnn(C)n3)c2SSc2c(-c3nnn(C)n3)cnn2-c2ccc(CC)cc2)cc1. The molecule has 14 heteroatoms. The number of rotatable bonds is 9. The Morgan fingerprint density at radius 2 is 1.00 bits per heavy atom. The van der Waals surface area contributed by atoms with Crippen LogP contribution in [0, 0.1) is 0 Å². The van der Waals surface area contributed by atoms with Crippen molar-refractivity contribution in [2.75, 3.05) is 0 Å². The third-order valence-electron chi connectivity index (χ3n) is 6.33. The smallest absolute Gasteiger partial charge is 0.209 e. The number of aryl methyl sites for hydroxylation is 4. The second kappa shape index (κ2) is 11.1. The van der Waals surface area contributed by atoms with E-state index in [-0.39, 0.29) is 0 Å². The number of hydrogen-bond donors (Lipinski definition) is 0. The molecule has 40 heavy (non-hydrogen) atoms. The summed E-state index contributed by atoms with van der Waals surface area (Å²) in [4.78, 5) is 2.88. The second-order valence-electron chi connectivity index (χ2n) is 8.96. The summed E-state index contributed by atoms with van der Waals surface area (Å²) < 4.78 is 3.81. The Hall–Kier alpha value is -4.30. The quantitative estimate of drug-likeness (QED) is 0.232. The molecule has 0 saturated carbocycles. The highest BCUT2D eigenvalue weighted by Gasteiger charge is 2.23. The van der Waals surface area contributed by atoms with Gasteiger partial charge in [0.1, 0.15) is 10.1 Å². The Morgan fingerprint density at radius 3 is 1.32 bits per heavy atom. The van der Waals surface area contributed by atoms with E-state index < -0.39 is 0 Å². The van der Waals surface area contributed by atoms with E-state index in [0.29, 0.717) is 11.6 Å². The van der Waals surface area contributed by atoms with Gasteiger partial charge in [0.25, 0.3) is 0 Å². The van der Waals surface area contributed by atoms with Gasteiger partial charge in [-0.1, -0.05) is 38.1 Å². The van der Waals surface area contributed by atoms with Crippen molar-refractivity contribution in [2.45, 2.75) is 36.7 Å². The van der Waals surface area contributed by atoms with E-state index >= 15 is 0 Å². The predicted molar refractivity (Wildman–Crippen MR) is 153 cm³/mol. The summed E-state index contributed by atoms with van der Waals surface area (Å²) in [6.45, 7) is 4.28. The third-order valence-corrected chi connectivity index (χ3v) is 8.71. The zero-order chi connectivity index (χ0) is 27.6. The van der Waals surface area contributed by atoms with Crippen LogP contribution in [0.2, 0.25) is 0 Å². The standard InChI is InChI=1S/C26H26N12S2/c1-5-17-7-11-19(12-8-17)37-25(21(15-27-37)23-29-33-35(3)31-23)39-40-26-22(24-30-34-36(4)32-24)16-28-38(26)20-13-9-18(6-2)10-14-20/h7-16H,5-6H2,1-4H3. The highest BCUT2D eigenvalue weighted by molar-refractivity contribution is 8.76. The molecule has 0 bridgehead atoms. The van der Waals surface area contributed by atoms with Crippen LogP contribution in [-0.4, -0.2) is 60.0 Å². The number of benzene rings is 2. The molecule has 2 aromatic carbocycles. The van der Waals surface area contributed by atoms with E-state index in [0.717, 1.165) is 45.4 Å². The average molecular weight is 571 g/mol. The number of nitrogens with zero attached hydrogens (tertiary/aromatic N) is 12. The lowest BCUT2D eigenvalue weighted by atomic mass is 10.1. The molecule has 202 valence electrons. The zero-order valence-corrected chi connectivity index (χ0v) is 24.0. The molecule has 0 amide bonds. The number of hydrogen-bond acceptors (Lipinski definition) is 10. The van der Waals surface area contributed by atoms with Gasteiger partial charge in [0, 0.05) is 0 Å². The van der Waals surface area contributed by atoms with Crippen molar-refractivity contribution in [3.05, 3.63) is 72.1 Å². The summed E-state index contributed by atoms with van der Waals surface area (Å²) in [7, 11) is 6.56. The molecule has 0 spiro atoms. The zero-order valence-electron chi connectivity index (χ0n) is 22.4. The Labute approximate surface area is 238 Å². The molecule has 12 nitrogen and oxygen atoms in total. The molecule has 0 radical (unpaired) electrons. The van der Waals surface area contributed by atoms with E-state index in [9.17, 15) is 0 Å². The van der Waals surface area contributed by atoms with Crippen LogP contribution in [0.15, 0.2) is 71.0 Å². The molecule has 0 saturated heterocycles. The van der Waals surface area contributed by atoms with E-state index in [1.165, 1.54) is 42.3 Å². The summed E-state index contributed by atoms with van der Waals surface area (Å²) in [5.41, 5.74) is 5.96. The fourth-order valence-electron chi connectivity index (χ4n) is 4.12. The molecule has 0 fully saturated rings. The van der Waals surface area contributed by atoms with Gasteiger partial charge in [-0.15, -0.1) is 20.4 Å².